The molecule has 0 bridgehead atoms. The normalized spacial score (nSPS) is 11.5. The number of hydrogen-bond acceptors (Lipinski definition) is 0. The van der Waals surface area contributed by atoms with Crippen LogP contribution in [0.2, 0.25) is 0 Å². The Kier molecular flexibility index (Phi) is 4.52. The monoisotopic (exact) mass is 424 g/mol. The summed E-state index contributed by atoms with van der Waals surface area (Å²) in [5, 5.41) is 0. The lowest BCUT2D eigenvalue weighted by Crippen LogP contribution is -2.34. The summed E-state index contributed by atoms with van der Waals surface area (Å²) in [7, 11) is 2.17. The van der Waals surface area contributed by atoms with Gasteiger partial charge in [0, 0.05) is 24.6 Å². The van der Waals surface area contributed by atoms with Gasteiger partial charge in [0.2, 0.25) is 5.69 Å². The molecule has 1 aliphatic rings. The number of aryl methyl sites for hydroxylation is 2. The van der Waals surface area contributed by atoms with Crippen LogP contribution in [0.15, 0.2) is 103 Å². The number of rotatable bonds is 1. The molecule has 33 heavy (non-hydrogen) atoms. The highest BCUT2D eigenvalue weighted by molar-refractivity contribution is 6.06. The fourth-order valence-corrected chi connectivity index (χ4v) is 5.33. The van der Waals surface area contributed by atoms with Crippen LogP contribution < -0.4 is 4.57 Å². The van der Waals surface area contributed by atoms with Crippen LogP contribution >= 0.6 is 0 Å². The first-order valence-electron chi connectivity index (χ1n) is 11.5. The molecule has 1 aromatic heterocycles. The smallest absolute Gasteiger partial charge is 0.199 e. The van der Waals surface area contributed by atoms with Crippen LogP contribution in [0.5, 0.6) is 0 Å². The third-order valence-corrected chi connectivity index (χ3v) is 7.07. The van der Waals surface area contributed by atoms with Crippen molar-refractivity contribution in [2.24, 2.45) is 7.05 Å². The molecule has 1 aliphatic carbocycles. The first kappa shape index (κ1) is 19.7. The second-order valence-corrected chi connectivity index (χ2v) is 8.93. The van der Waals surface area contributed by atoms with Gasteiger partial charge in [-0.1, -0.05) is 84.9 Å². The zero-order valence-electron chi connectivity index (χ0n) is 19.3. The maximum Gasteiger partial charge on any atom is 0.213 e. The van der Waals surface area contributed by atoms with Gasteiger partial charge in [0.05, 0.1) is 5.56 Å². The summed E-state index contributed by atoms with van der Waals surface area (Å²) in [5.41, 5.74) is 15.4. The summed E-state index contributed by atoms with van der Waals surface area (Å²) in [6, 6.07) is 37.7. The fourth-order valence-electron chi connectivity index (χ4n) is 5.33. The van der Waals surface area contributed by atoms with E-state index in [4.69, 9.17) is 0 Å². The number of benzene rings is 4. The minimum atomic E-state index is 1.24. The molecule has 0 saturated heterocycles. The van der Waals surface area contributed by atoms with Gasteiger partial charge in [0.1, 0.15) is 7.05 Å². The largest absolute Gasteiger partial charge is 0.213 e. The molecule has 6 rings (SSSR count). The van der Waals surface area contributed by atoms with E-state index in [9.17, 15) is 0 Å². The average molecular weight is 425 g/mol. The molecule has 158 valence electrons. The number of fused-ring (bicyclic) bond motifs is 8. The van der Waals surface area contributed by atoms with Crippen LogP contribution in [0, 0.1) is 13.8 Å². The van der Waals surface area contributed by atoms with Gasteiger partial charge < -0.3 is 0 Å². The van der Waals surface area contributed by atoms with E-state index in [0.29, 0.717) is 0 Å². The van der Waals surface area contributed by atoms with Gasteiger partial charge in [-0.2, -0.15) is 4.57 Å². The number of aromatic nitrogens is 1. The van der Waals surface area contributed by atoms with Crippen molar-refractivity contribution in [2.45, 2.75) is 13.8 Å². The highest BCUT2D eigenvalue weighted by atomic mass is 14.9. The first-order valence-corrected chi connectivity index (χ1v) is 11.5. The Bertz CT molecular complexity index is 1530. The Labute approximate surface area is 195 Å². The number of hydrogen-bond donors (Lipinski definition) is 0. The van der Waals surface area contributed by atoms with E-state index in [2.05, 4.69) is 129 Å². The van der Waals surface area contributed by atoms with Crippen molar-refractivity contribution < 1.29 is 4.57 Å². The lowest BCUT2D eigenvalue weighted by atomic mass is 9.78. The highest BCUT2D eigenvalue weighted by Crippen LogP contribution is 2.50. The Morgan fingerprint density at radius 3 is 1.48 bits per heavy atom. The van der Waals surface area contributed by atoms with Crippen LogP contribution in [0.1, 0.15) is 11.3 Å². The summed E-state index contributed by atoms with van der Waals surface area (Å²) in [5.74, 6) is 0. The minimum absolute atomic E-state index is 1.24. The molecule has 0 amide bonds. The van der Waals surface area contributed by atoms with E-state index in [1.54, 1.807) is 0 Å². The molecular weight excluding hydrogens is 398 g/mol. The minimum Gasteiger partial charge on any atom is -0.199 e. The third kappa shape index (κ3) is 2.97. The second-order valence-electron chi connectivity index (χ2n) is 8.93. The Balaban J connectivity index is 1.84. The molecule has 0 fully saturated rings. The van der Waals surface area contributed by atoms with Gasteiger partial charge in [0.15, 0.2) is 5.69 Å². The van der Waals surface area contributed by atoms with Crippen LogP contribution in [0.3, 0.4) is 0 Å². The molecule has 4 aromatic carbocycles. The van der Waals surface area contributed by atoms with Gasteiger partial charge in [-0.25, -0.2) is 0 Å². The van der Waals surface area contributed by atoms with Crippen molar-refractivity contribution >= 4 is 0 Å². The van der Waals surface area contributed by atoms with Gasteiger partial charge in [-0.15, -0.1) is 0 Å². The zero-order chi connectivity index (χ0) is 22.5. The summed E-state index contributed by atoms with van der Waals surface area (Å²) in [6.07, 6.45) is 0. The van der Waals surface area contributed by atoms with Gasteiger partial charge in [-0.05, 0) is 57.5 Å². The summed E-state index contributed by atoms with van der Waals surface area (Å²) in [6.45, 7) is 4.41. The summed E-state index contributed by atoms with van der Waals surface area (Å²) < 4.78 is 2.31. The van der Waals surface area contributed by atoms with Crippen molar-refractivity contribution in [1.82, 2.24) is 0 Å². The Morgan fingerprint density at radius 2 is 0.909 bits per heavy atom. The molecular formula is C32H26N+. The topological polar surface area (TPSA) is 3.88 Å². The fraction of sp³-hybridized carbons (Fsp3) is 0.0938. The van der Waals surface area contributed by atoms with Crippen LogP contribution in [0.25, 0.3) is 55.8 Å². The molecule has 0 unspecified atom stereocenters. The predicted molar refractivity (Wildman–Crippen MR) is 138 cm³/mol. The molecule has 0 spiro atoms. The van der Waals surface area contributed by atoms with Crippen molar-refractivity contribution in [1.29, 1.82) is 0 Å². The Morgan fingerprint density at radius 1 is 0.424 bits per heavy atom. The van der Waals surface area contributed by atoms with Gasteiger partial charge >= 0.3 is 0 Å². The molecule has 1 heterocycles. The average Bonchev–Trinajstić information content (AvgIpc) is 2.85. The number of nitrogens with zero attached hydrogens (tertiary/aromatic N) is 1. The molecule has 0 atom stereocenters. The molecule has 5 aromatic rings. The third-order valence-electron chi connectivity index (χ3n) is 7.07. The van der Waals surface area contributed by atoms with Crippen molar-refractivity contribution in [2.75, 3.05) is 0 Å². The van der Waals surface area contributed by atoms with Crippen LogP contribution in [0.4, 0.5) is 0 Å². The van der Waals surface area contributed by atoms with Gasteiger partial charge in [-0.3, -0.25) is 0 Å². The predicted octanol–water partition coefficient (Wildman–Crippen LogP) is 7.78. The van der Waals surface area contributed by atoms with Crippen molar-refractivity contribution in [3.05, 3.63) is 114 Å². The molecule has 0 radical (unpaired) electrons. The zero-order valence-corrected chi connectivity index (χ0v) is 19.3. The van der Waals surface area contributed by atoms with Crippen molar-refractivity contribution in [3.63, 3.8) is 0 Å². The van der Waals surface area contributed by atoms with E-state index in [1.165, 1.54) is 67.0 Å². The van der Waals surface area contributed by atoms with E-state index in [-0.39, 0.29) is 0 Å². The maximum absolute atomic E-state index is 2.31. The van der Waals surface area contributed by atoms with Gasteiger partial charge in [0.25, 0.3) is 0 Å². The molecule has 1 nitrogen and oxygen atoms in total. The van der Waals surface area contributed by atoms with Crippen LogP contribution in [-0.4, -0.2) is 0 Å². The standard InChI is InChI=1S/C32H26N/c1-21-19-20-29-27-16-7-6-14-25(27)23-12-4-5-13-24(23)26-15-8-9-17-28(26)32(29)31(21)30-18-10-11-22(2)33(30)3/h4-20H,1-3H3/q+1. The molecule has 1 heteroatoms. The summed E-state index contributed by atoms with van der Waals surface area (Å²) >= 11 is 0. The lowest BCUT2D eigenvalue weighted by molar-refractivity contribution is -0.666. The maximum atomic E-state index is 2.31. The van der Waals surface area contributed by atoms with Crippen LogP contribution in [-0.2, 0) is 7.05 Å². The quantitative estimate of drug-likeness (QED) is 0.237. The molecule has 0 saturated carbocycles. The van der Waals surface area contributed by atoms with E-state index < -0.39 is 0 Å². The van der Waals surface area contributed by atoms with Crippen molar-refractivity contribution in [3.8, 4) is 55.8 Å². The number of pyridine rings is 1. The summed E-state index contributed by atoms with van der Waals surface area (Å²) in [4.78, 5) is 0. The lowest BCUT2D eigenvalue weighted by Gasteiger charge is -2.25. The molecule has 0 N–H and O–H groups in total. The first-order chi connectivity index (χ1) is 16.1. The van der Waals surface area contributed by atoms with E-state index >= 15 is 0 Å². The van der Waals surface area contributed by atoms with E-state index in [0.717, 1.165) is 0 Å². The SMILES string of the molecule is Cc1ccc2c(c1-c1cccc(C)[n+]1C)-c1ccccc1-c1ccccc1-c1ccccc1-2. The molecule has 0 aliphatic heterocycles. The Hall–Kier alpha value is -3.97. The van der Waals surface area contributed by atoms with E-state index in [1.807, 2.05) is 0 Å². The highest BCUT2D eigenvalue weighted by Gasteiger charge is 2.27. The second kappa shape index (κ2) is 7.56.